The number of alkyl halides is 3. The molecule has 1 aliphatic rings. The second-order valence-corrected chi connectivity index (χ2v) is 10.6. The summed E-state index contributed by atoms with van der Waals surface area (Å²) in [5.74, 6) is -1.38. The van der Waals surface area contributed by atoms with E-state index < -0.39 is 27.9 Å². The quantitative estimate of drug-likeness (QED) is 0.518. The van der Waals surface area contributed by atoms with Gasteiger partial charge in [0, 0.05) is 38.3 Å². The lowest BCUT2D eigenvalue weighted by Crippen LogP contribution is -2.44. The summed E-state index contributed by atoms with van der Waals surface area (Å²) >= 11 is 0. The van der Waals surface area contributed by atoms with E-state index in [1.807, 2.05) is 11.6 Å². The highest BCUT2D eigenvalue weighted by Crippen LogP contribution is 2.33. The molecule has 1 unspecified atom stereocenters. The molecule has 14 heteroatoms. The van der Waals surface area contributed by atoms with Gasteiger partial charge in [-0.1, -0.05) is 13.0 Å². The lowest BCUT2D eigenvalue weighted by atomic mass is 9.99. The minimum Gasteiger partial charge on any atom is -0.431 e. The van der Waals surface area contributed by atoms with Crippen molar-refractivity contribution in [2.45, 2.75) is 45.7 Å². The van der Waals surface area contributed by atoms with E-state index in [-0.39, 0.29) is 42.3 Å². The second-order valence-electron chi connectivity index (χ2n) is 8.91. The Kier molecular flexibility index (Phi) is 8.84. The maximum atomic E-state index is 13.0. The standard InChI is InChI=1S/C23H30F3N5O5S/c1-4-10-30(3)21(33)16-6-5-11-31(12-9-16)37(34,35)29-20(32)19-14-36-22(28-19)27-18-13-17(23(24,25)26)8-7-15(18)2/h7-8,13-14,16H,4-6,9-12H2,1-3H3,(H,27,28)(H,29,32). The van der Waals surface area contributed by atoms with Crippen LogP contribution >= 0.6 is 0 Å². The van der Waals surface area contributed by atoms with Crippen LogP contribution in [0.3, 0.4) is 0 Å². The van der Waals surface area contributed by atoms with Gasteiger partial charge in [-0.25, -0.2) is 4.72 Å². The van der Waals surface area contributed by atoms with Crippen molar-refractivity contribution in [2.75, 3.05) is 32.0 Å². The Balaban J connectivity index is 1.64. The first-order valence-electron chi connectivity index (χ1n) is 11.8. The number of rotatable bonds is 8. The molecule has 2 aromatic rings. The van der Waals surface area contributed by atoms with Gasteiger partial charge >= 0.3 is 16.4 Å². The monoisotopic (exact) mass is 545 g/mol. The van der Waals surface area contributed by atoms with Crippen LogP contribution in [0.2, 0.25) is 0 Å². The Morgan fingerprint density at radius 3 is 2.65 bits per heavy atom. The zero-order chi connectivity index (χ0) is 27.4. The first-order valence-corrected chi connectivity index (χ1v) is 13.2. The van der Waals surface area contributed by atoms with Gasteiger partial charge in [0.1, 0.15) is 6.26 Å². The molecule has 0 saturated carbocycles. The van der Waals surface area contributed by atoms with Crippen molar-refractivity contribution in [2.24, 2.45) is 5.92 Å². The van der Waals surface area contributed by atoms with Crippen LogP contribution in [0.4, 0.5) is 24.9 Å². The third-order valence-electron chi connectivity index (χ3n) is 6.08. The van der Waals surface area contributed by atoms with Gasteiger partial charge in [-0.15, -0.1) is 0 Å². The molecule has 1 atom stereocenters. The lowest BCUT2D eigenvalue weighted by Gasteiger charge is -2.23. The van der Waals surface area contributed by atoms with Crippen LogP contribution in [-0.2, 0) is 21.2 Å². The van der Waals surface area contributed by atoms with Crippen LogP contribution in [-0.4, -0.2) is 61.1 Å². The largest absolute Gasteiger partial charge is 0.431 e. The van der Waals surface area contributed by atoms with Crippen LogP contribution < -0.4 is 10.0 Å². The third-order valence-corrected chi connectivity index (χ3v) is 7.56. The molecule has 204 valence electrons. The van der Waals surface area contributed by atoms with Crippen molar-refractivity contribution in [3.8, 4) is 0 Å². The molecule has 1 saturated heterocycles. The van der Waals surface area contributed by atoms with Crippen molar-refractivity contribution in [1.82, 2.24) is 18.9 Å². The minimum atomic E-state index is -4.55. The maximum absolute atomic E-state index is 13.0. The normalized spacial score (nSPS) is 17.2. The van der Waals surface area contributed by atoms with E-state index >= 15 is 0 Å². The number of carbonyl (C=O) groups excluding carboxylic acids is 2. The Labute approximate surface area is 213 Å². The fraction of sp³-hybridized carbons (Fsp3) is 0.522. The summed E-state index contributed by atoms with van der Waals surface area (Å²) in [5.41, 5.74) is -0.720. The van der Waals surface area contributed by atoms with Crippen molar-refractivity contribution >= 4 is 33.7 Å². The van der Waals surface area contributed by atoms with E-state index in [0.29, 0.717) is 31.4 Å². The van der Waals surface area contributed by atoms with E-state index in [1.165, 1.54) is 6.07 Å². The number of hydrogen-bond acceptors (Lipinski definition) is 7. The summed E-state index contributed by atoms with van der Waals surface area (Å²) in [6.07, 6.45) is -1.50. The molecule has 0 bridgehead atoms. The van der Waals surface area contributed by atoms with Crippen LogP contribution in [0.25, 0.3) is 0 Å². The molecule has 1 aliphatic heterocycles. The number of halogens is 3. The van der Waals surface area contributed by atoms with E-state index in [9.17, 15) is 31.2 Å². The molecule has 10 nitrogen and oxygen atoms in total. The summed E-state index contributed by atoms with van der Waals surface area (Å²) in [7, 11) is -2.51. The van der Waals surface area contributed by atoms with E-state index in [0.717, 1.165) is 29.1 Å². The summed E-state index contributed by atoms with van der Waals surface area (Å²) in [6.45, 7) is 4.37. The van der Waals surface area contributed by atoms with Gasteiger partial charge in [-0.2, -0.15) is 30.9 Å². The van der Waals surface area contributed by atoms with E-state index in [1.54, 1.807) is 18.9 Å². The van der Waals surface area contributed by atoms with Crippen LogP contribution in [0.1, 0.15) is 54.2 Å². The van der Waals surface area contributed by atoms with Crippen molar-refractivity contribution in [3.05, 3.63) is 41.3 Å². The average molecular weight is 546 g/mol. The fourth-order valence-corrected chi connectivity index (χ4v) is 5.22. The predicted octanol–water partition coefficient (Wildman–Crippen LogP) is 3.69. The molecular formula is C23H30F3N5O5S. The molecule has 0 radical (unpaired) electrons. The average Bonchev–Trinajstić information content (AvgIpc) is 3.13. The third kappa shape index (κ3) is 7.22. The number of nitrogens with zero attached hydrogens (tertiary/aromatic N) is 3. The second kappa shape index (κ2) is 11.5. The number of oxazole rings is 1. The molecule has 3 rings (SSSR count). The highest BCUT2D eigenvalue weighted by atomic mass is 32.2. The Morgan fingerprint density at radius 1 is 1.24 bits per heavy atom. The summed E-state index contributed by atoms with van der Waals surface area (Å²) < 4.78 is 72.9. The minimum absolute atomic E-state index is 0.0243. The van der Waals surface area contributed by atoms with Gasteiger partial charge in [0.2, 0.25) is 5.91 Å². The molecule has 0 aliphatic carbocycles. The Morgan fingerprint density at radius 2 is 1.97 bits per heavy atom. The van der Waals surface area contributed by atoms with E-state index in [2.05, 4.69) is 10.3 Å². The molecule has 0 spiro atoms. The molecule has 1 fully saturated rings. The Hall–Kier alpha value is -3.13. The number of carbonyl (C=O) groups is 2. The van der Waals surface area contributed by atoms with Crippen LogP contribution in [0, 0.1) is 12.8 Å². The van der Waals surface area contributed by atoms with Gasteiger partial charge in [-0.05, 0) is 50.3 Å². The number of nitrogens with one attached hydrogen (secondary N) is 2. The van der Waals surface area contributed by atoms with Gasteiger partial charge < -0.3 is 14.6 Å². The van der Waals surface area contributed by atoms with Crippen molar-refractivity contribution in [3.63, 3.8) is 0 Å². The topological polar surface area (TPSA) is 125 Å². The first-order chi connectivity index (χ1) is 17.3. The number of hydrogen-bond donors (Lipinski definition) is 2. The SMILES string of the molecule is CCCN(C)C(=O)C1CCCN(S(=O)(=O)NC(=O)c2coc(Nc3cc(C(F)(F)F)ccc3C)n2)CC1. The predicted molar refractivity (Wildman–Crippen MR) is 129 cm³/mol. The number of aromatic nitrogens is 1. The molecule has 2 amide bonds. The van der Waals surface area contributed by atoms with Crippen LogP contribution in [0.5, 0.6) is 0 Å². The summed E-state index contributed by atoms with van der Waals surface area (Å²) in [4.78, 5) is 30.7. The summed E-state index contributed by atoms with van der Waals surface area (Å²) in [6, 6.07) is 2.80. The molecule has 37 heavy (non-hydrogen) atoms. The van der Waals surface area contributed by atoms with Crippen LogP contribution in [0.15, 0.2) is 28.9 Å². The van der Waals surface area contributed by atoms with E-state index in [4.69, 9.17) is 4.42 Å². The van der Waals surface area contributed by atoms with Gasteiger partial charge in [-0.3, -0.25) is 9.59 Å². The zero-order valence-electron chi connectivity index (χ0n) is 20.8. The zero-order valence-corrected chi connectivity index (χ0v) is 21.6. The maximum Gasteiger partial charge on any atom is 0.416 e. The fourth-order valence-electron chi connectivity index (χ4n) is 4.03. The Bertz CT molecular complexity index is 1230. The molecule has 1 aromatic heterocycles. The molecule has 2 N–H and O–H groups in total. The summed E-state index contributed by atoms with van der Waals surface area (Å²) in [5, 5.41) is 2.57. The van der Waals surface area contributed by atoms with Gasteiger partial charge in [0.15, 0.2) is 5.69 Å². The smallest absolute Gasteiger partial charge is 0.416 e. The van der Waals surface area contributed by atoms with Crippen molar-refractivity contribution < 1.29 is 35.6 Å². The van der Waals surface area contributed by atoms with Gasteiger partial charge in [0.25, 0.3) is 11.9 Å². The molecule has 2 heterocycles. The molecular weight excluding hydrogens is 515 g/mol. The number of benzene rings is 1. The number of amides is 2. The lowest BCUT2D eigenvalue weighted by molar-refractivity contribution is -0.137. The van der Waals surface area contributed by atoms with Gasteiger partial charge in [0.05, 0.1) is 5.56 Å². The number of anilines is 2. The van der Waals surface area contributed by atoms with Crippen molar-refractivity contribution in [1.29, 1.82) is 0 Å². The number of aryl methyl sites for hydroxylation is 1. The highest BCUT2D eigenvalue weighted by Gasteiger charge is 2.32. The highest BCUT2D eigenvalue weighted by molar-refractivity contribution is 7.87. The molecule has 1 aromatic carbocycles. The first kappa shape index (κ1) is 28.4.